The van der Waals surface area contributed by atoms with Crippen LogP contribution in [0.25, 0.3) is 11.3 Å². The van der Waals surface area contributed by atoms with Gasteiger partial charge in [0.1, 0.15) is 5.75 Å². The lowest BCUT2D eigenvalue weighted by Gasteiger charge is -2.08. The minimum atomic E-state index is -0.135. The fraction of sp³-hybridized carbons (Fsp3) is 0.115. The van der Waals surface area contributed by atoms with Crippen LogP contribution in [0.15, 0.2) is 94.3 Å². The molecule has 0 fully saturated rings. The Morgan fingerprint density at radius 1 is 0.939 bits per heavy atom. The number of para-hydroxylation sites is 1. The van der Waals surface area contributed by atoms with E-state index in [1.165, 1.54) is 11.3 Å². The van der Waals surface area contributed by atoms with Crippen LogP contribution in [-0.2, 0) is 11.3 Å². The maximum atomic E-state index is 13.0. The summed E-state index contributed by atoms with van der Waals surface area (Å²) in [4.78, 5) is 20.2. The second kappa shape index (κ2) is 8.88. The number of rotatable bonds is 5. The van der Waals surface area contributed by atoms with Gasteiger partial charge in [-0.05, 0) is 35.9 Å². The molecule has 6 nitrogen and oxygen atoms in total. The molecule has 7 heteroatoms. The van der Waals surface area contributed by atoms with Gasteiger partial charge in [-0.3, -0.25) is 9.79 Å². The third-order valence-corrected chi connectivity index (χ3v) is 6.39. The van der Waals surface area contributed by atoms with Gasteiger partial charge >= 0.3 is 0 Å². The van der Waals surface area contributed by atoms with Gasteiger partial charge in [-0.2, -0.15) is 5.10 Å². The third-order valence-electron chi connectivity index (χ3n) is 5.54. The van der Waals surface area contributed by atoms with Gasteiger partial charge in [0, 0.05) is 23.6 Å². The fourth-order valence-corrected chi connectivity index (χ4v) is 4.58. The van der Waals surface area contributed by atoms with E-state index >= 15 is 0 Å². The highest BCUT2D eigenvalue weighted by atomic mass is 32.1. The topological polar surface area (TPSA) is 59.2 Å². The highest BCUT2D eigenvalue weighted by Gasteiger charge is 2.31. The van der Waals surface area contributed by atoms with Crippen molar-refractivity contribution in [2.24, 2.45) is 10.1 Å². The summed E-state index contributed by atoms with van der Waals surface area (Å²) in [6, 6.07) is 25.6. The van der Waals surface area contributed by atoms with Crippen LogP contribution < -0.4 is 14.4 Å². The van der Waals surface area contributed by atoms with Gasteiger partial charge in [0.25, 0.3) is 5.91 Å². The van der Waals surface area contributed by atoms with Gasteiger partial charge in [0.2, 0.25) is 4.80 Å². The number of likely N-dealkylation sites (N-methyl/N-ethyl adjacent to an activating group) is 1. The van der Waals surface area contributed by atoms with E-state index in [0.29, 0.717) is 12.3 Å². The molecule has 0 bridgehead atoms. The van der Waals surface area contributed by atoms with Gasteiger partial charge in [-0.25, -0.2) is 4.68 Å². The third kappa shape index (κ3) is 3.99. The van der Waals surface area contributed by atoms with E-state index in [2.05, 4.69) is 0 Å². The van der Waals surface area contributed by atoms with Crippen LogP contribution in [0.4, 0.5) is 5.69 Å². The normalized spacial score (nSPS) is 14.7. The van der Waals surface area contributed by atoms with Gasteiger partial charge in [0.15, 0.2) is 5.71 Å². The summed E-state index contributed by atoms with van der Waals surface area (Å²) in [5.41, 5.74) is 5.01. The zero-order valence-electron chi connectivity index (χ0n) is 18.3. The Bertz CT molecular complexity index is 1400. The SMILES string of the molecule is COc1ccc(-c2csc(=NCc3ccccc3)n2N=C2C(=O)N(C)c3ccccc32)cc1. The standard InChI is InChI=1S/C26H22N4O2S/c1-29-22-11-7-6-10-21(22)24(25(29)31)28-30-23(19-12-14-20(32-2)15-13-19)17-33-26(30)27-16-18-8-4-3-5-9-18/h3-15,17H,16H2,1-2H3. The molecule has 0 aliphatic carbocycles. The number of thiazole rings is 1. The lowest BCUT2D eigenvalue weighted by atomic mass is 10.1. The molecule has 0 radical (unpaired) electrons. The highest BCUT2D eigenvalue weighted by Crippen LogP contribution is 2.29. The highest BCUT2D eigenvalue weighted by molar-refractivity contribution is 7.07. The molecule has 1 aliphatic heterocycles. The van der Waals surface area contributed by atoms with Crippen LogP contribution in [0.3, 0.4) is 0 Å². The molecule has 0 unspecified atom stereocenters. The van der Waals surface area contributed by atoms with Gasteiger partial charge in [-0.1, -0.05) is 48.5 Å². The van der Waals surface area contributed by atoms with E-state index in [9.17, 15) is 4.79 Å². The average molecular weight is 455 g/mol. The quantitative estimate of drug-likeness (QED) is 0.444. The number of hydrogen-bond acceptors (Lipinski definition) is 5. The van der Waals surface area contributed by atoms with E-state index in [1.54, 1.807) is 23.7 Å². The second-order valence-corrected chi connectivity index (χ2v) is 8.41. The first-order valence-electron chi connectivity index (χ1n) is 10.5. The van der Waals surface area contributed by atoms with Crippen LogP contribution in [-0.4, -0.2) is 30.5 Å². The summed E-state index contributed by atoms with van der Waals surface area (Å²) in [5, 5.41) is 6.87. The number of carbonyl (C=O) groups is 1. The minimum absolute atomic E-state index is 0.135. The summed E-state index contributed by atoms with van der Waals surface area (Å²) >= 11 is 1.50. The molecule has 0 N–H and O–H groups in total. The molecule has 164 valence electrons. The van der Waals surface area contributed by atoms with E-state index in [-0.39, 0.29) is 5.91 Å². The first-order valence-corrected chi connectivity index (χ1v) is 11.4. The number of fused-ring (bicyclic) bond motifs is 1. The van der Waals surface area contributed by atoms with Gasteiger partial charge in [-0.15, -0.1) is 11.3 Å². The second-order valence-electron chi connectivity index (χ2n) is 7.58. The number of carbonyl (C=O) groups excluding carboxylic acids is 1. The number of ether oxygens (including phenoxy) is 1. The van der Waals surface area contributed by atoms with Crippen LogP contribution in [0.5, 0.6) is 5.75 Å². The Balaban J connectivity index is 1.66. The predicted molar refractivity (Wildman–Crippen MR) is 132 cm³/mol. The molecule has 1 aromatic heterocycles. The summed E-state index contributed by atoms with van der Waals surface area (Å²) in [5.74, 6) is 0.645. The molecule has 1 aliphatic rings. The molecule has 4 aromatic rings. The van der Waals surface area contributed by atoms with Crippen molar-refractivity contribution < 1.29 is 9.53 Å². The molecule has 0 atom stereocenters. The summed E-state index contributed by atoms with van der Waals surface area (Å²) in [6.45, 7) is 0.526. The Kier molecular flexibility index (Phi) is 5.62. The summed E-state index contributed by atoms with van der Waals surface area (Å²) in [7, 11) is 3.42. The lowest BCUT2D eigenvalue weighted by molar-refractivity contribution is -0.112. The van der Waals surface area contributed by atoms with Crippen molar-refractivity contribution >= 4 is 28.6 Å². The molecule has 0 saturated heterocycles. The Hall–Kier alpha value is -3.97. The van der Waals surface area contributed by atoms with Crippen LogP contribution in [0, 0.1) is 0 Å². The lowest BCUT2D eigenvalue weighted by Crippen LogP contribution is -2.27. The Morgan fingerprint density at radius 3 is 2.42 bits per heavy atom. The fourth-order valence-electron chi connectivity index (χ4n) is 3.75. The zero-order chi connectivity index (χ0) is 22.8. The number of benzene rings is 3. The molecule has 1 amide bonds. The average Bonchev–Trinajstić information content (AvgIpc) is 3.38. The van der Waals surface area contributed by atoms with Crippen LogP contribution in [0.2, 0.25) is 0 Å². The first-order chi connectivity index (χ1) is 16.2. The minimum Gasteiger partial charge on any atom is -0.497 e. The maximum absolute atomic E-state index is 13.0. The van der Waals surface area contributed by atoms with Crippen LogP contribution in [0.1, 0.15) is 11.1 Å². The largest absolute Gasteiger partial charge is 0.497 e. The van der Waals surface area contributed by atoms with Crippen molar-refractivity contribution in [3.05, 3.63) is 100 Å². The van der Waals surface area contributed by atoms with Crippen molar-refractivity contribution in [1.29, 1.82) is 0 Å². The number of nitrogens with zero attached hydrogens (tertiary/aromatic N) is 4. The van der Waals surface area contributed by atoms with Crippen molar-refractivity contribution in [3.63, 3.8) is 0 Å². The van der Waals surface area contributed by atoms with E-state index in [0.717, 1.165) is 38.6 Å². The number of anilines is 1. The molecule has 0 saturated carbocycles. The monoisotopic (exact) mass is 454 g/mol. The number of amides is 1. The summed E-state index contributed by atoms with van der Waals surface area (Å²) in [6.07, 6.45) is 0. The number of methoxy groups -OCH3 is 1. The van der Waals surface area contributed by atoms with Gasteiger partial charge < -0.3 is 9.64 Å². The Labute approximate surface area is 195 Å². The first kappa shape index (κ1) is 20.9. The molecular weight excluding hydrogens is 432 g/mol. The van der Waals surface area contributed by atoms with Crippen molar-refractivity contribution in [2.75, 3.05) is 19.1 Å². The van der Waals surface area contributed by atoms with E-state index < -0.39 is 0 Å². The smallest absolute Gasteiger partial charge is 0.279 e. The van der Waals surface area contributed by atoms with E-state index in [4.69, 9.17) is 14.8 Å². The zero-order valence-corrected chi connectivity index (χ0v) is 19.1. The molecule has 33 heavy (non-hydrogen) atoms. The molecule has 3 aromatic carbocycles. The Morgan fingerprint density at radius 2 is 1.67 bits per heavy atom. The van der Waals surface area contributed by atoms with Crippen molar-refractivity contribution in [2.45, 2.75) is 6.54 Å². The van der Waals surface area contributed by atoms with Gasteiger partial charge in [0.05, 0.1) is 25.0 Å². The molecule has 2 heterocycles. The van der Waals surface area contributed by atoms with E-state index in [1.807, 2.05) is 84.2 Å². The molecular formula is C26H22N4O2S. The van der Waals surface area contributed by atoms with Crippen molar-refractivity contribution in [1.82, 2.24) is 4.68 Å². The number of aromatic nitrogens is 1. The molecule has 5 rings (SSSR count). The maximum Gasteiger partial charge on any atom is 0.279 e. The summed E-state index contributed by atoms with van der Waals surface area (Å²) < 4.78 is 7.08. The predicted octanol–water partition coefficient (Wildman–Crippen LogP) is 4.55. The van der Waals surface area contributed by atoms with Crippen LogP contribution >= 0.6 is 11.3 Å². The number of hydrogen-bond donors (Lipinski definition) is 0. The van der Waals surface area contributed by atoms with Crippen molar-refractivity contribution in [3.8, 4) is 17.0 Å². The molecule has 0 spiro atoms.